The van der Waals surface area contributed by atoms with E-state index in [1.807, 2.05) is 19.9 Å². The van der Waals surface area contributed by atoms with Gasteiger partial charge in [0.15, 0.2) is 0 Å². The number of hydrogen-bond donors (Lipinski definition) is 0. The van der Waals surface area contributed by atoms with Gasteiger partial charge in [-0.2, -0.15) is 13.2 Å². The second-order valence-corrected chi connectivity index (χ2v) is 8.17. The second kappa shape index (κ2) is 8.06. The summed E-state index contributed by atoms with van der Waals surface area (Å²) in [5.41, 5.74) is -2.25. The summed E-state index contributed by atoms with van der Waals surface area (Å²) in [6, 6.07) is 5.86. The van der Waals surface area contributed by atoms with Gasteiger partial charge in [-0.3, -0.25) is 9.78 Å². The van der Waals surface area contributed by atoms with Gasteiger partial charge in [-0.05, 0) is 66.1 Å². The van der Waals surface area contributed by atoms with E-state index < -0.39 is 23.5 Å². The Balaban J connectivity index is 1.83. The number of carbonyl (C=O) groups excluding carboxylic acids is 2. The molecule has 154 valence electrons. The van der Waals surface area contributed by atoms with Crippen molar-refractivity contribution in [1.82, 2.24) is 9.88 Å². The number of carbonyl (C=O) groups is 2. The van der Waals surface area contributed by atoms with Gasteiger partial charge < -0.3 is 4.90 Å². The van der Waals surface area contributed by atoms with Crippen molar-refractivity contribution in [2.24, 2.45) is 0 Å². The molecular formula is C20H20F3N3O2S. The molecule has 0 bridgehead atoms. The fourth-order valence-electron chi connectivity index (χ4n) is 3.23. The van der Waals surface area contributed by atoms with Gasteiger partial charge in [0.25, 0.3) is 5.91 Å². The van der Waals surface area contributed by atoms with Crippen LogP contribution >= 0.6 is 11.8 Å². The number of thioether (sulfide) groups is 1. The van der Waals surface area contributed by atoms with Crippen molar-refractivity contribution < 1.29 is 22.8 Å². The molecule has 0 N–H and O–H groups in total. The summed E-state index contributed by atoms with van der Waals surface area (Å²) in [6.45, 7) is 5.94. The third-order valence-electron chi connectivity index (χ3n) is 4.72. The maximum Gasteiger partial charge on any atom is 0.446 e. The van der Waals surface area contributed by atoms with E-state index in [4.69, 9.17) is 0 Å². The van der Waals surface area contributed by atoms with E-state index in [-0.39, 0.29) is 34.8 Å². The Hall–Kier alpha value is -2.55. The van der Waals surface area contributed by atoms with E-state index in [9.17, 15) is 22.8 Å². The molecule has 3 rings (SSSR count). The lowest BCUT2D eigenvalue weighted by molar-refractivity contribution is -0.119. The number of anilines is 1. The van der Waals surface area contributed by atoms with Crippen LogP contribution in [-0.2, 0) is 11.3 Å². The first-order valence-electron chi connectivity index (χ1n) is 9.01. The van der Waals surface area contributed by atoms with Crippen molar-refractivity contribution in [3.05, 3.63) is 53.9 Å². The molecule has 9 heteroatoms. The number of alkyl halides is 3. The third-order valence-corrected chi connectivity index (χ3v) is 5.46. The molecule has 0 radical (unpaired) electrons. The van der Waals surface area contributed by atoms with Crippen LogP contribution < -0.4 is 4.90 Å². The number of halogens is 3. The molecule has 1 aromatic heterocycles. The van der Waals surface area contributed by atoms with Crippen LogP contribution in [0.1, 0.15) is 37.8 Å². The zero-order valence-electron chi connectivity index (χ0n) is 16.1. The lowest BCUT2D eigenvalue weighted by Crippen LogP contribution is -2.33. The van der Waals surface area contributed by atoms with E-state index in [1.165, 1.54) is 29.2 Å². The molecule has 29 heavy (non-hydrogen) atoms. The Morgan fingerprint density at radius 2 is 1.79 bits per heavy atom. The van der Waals surface area contributed by atoms with Crippen molar-refractivity contribution in [3.63, 3.8) is 0 Å². The molecule has 2 heterocycles. The maximum atomic E-state index is 13.0. The fraction of sp³-hybridized carbons (Fsp3) is 0.350. The SMILES string of the molecule is CC(C)c1cnccc1CN1C(=O)N(c2ccc(SC(F)(F)F)cc2)C(=O)C1C. The van der Waals surface area contributed by atoms with Gasteiger partial charge in [-0.1, -0.05) is 13.8 Å². The Labute approximate surface area is 170 Å². The minimum atomic E-state index is -4.40. The molecule has 0 aliphatic carbocycles. The predicted molar refractivity (Wildman–Crippen MR) is 105 cm³/mol. The molecule has 1 fully saturated rings. The molecule has 5 nitrogen and oxygen atoms in total. The second-order valence-electron chi connectivity index (χ2n) is 7.03. The summed E-state index contributed by atoms with van der Waals surface area (Å²) in [5.74, 6) is -0.205. The number of nitrogens with zero attached hydrogens (tertiary/aromatic N) is 3. The van der Waals surface area contributed by atoms with Gasteiger partial charge in [-0.15, -0.1) is 0 Å². The lowest BCUT2D eigenvalue weighted by atomic mass is 9.99. The first kappa shape index (κ1) is 21.2. The van der Waals surface area contributed by atoms with Gasteiger partial charge in [0, 0.05) is 23.8 Å². The number of amides is 3. The number of pyridine rings is 1. The van der Waals surface area contributed by atoms with E-state index >= 15 is 0 Å². The highest BCUT2D eigenvalue weighted by Crippen LogP contribution is 2.38. The zero-order valence-corrected chi connectivity index (χ0v) is 16.9. The van der Waals surface area contributed by atoms with Gasteiger partial charge in [0.05, 0.1) is 5.69 Å². The maximum absolute atomic E-state index is 13.0. The first-order chi connectivity index (χ1) is 13.6. The predicted octanol–water partition coefficient (Wildman–Crippen LogP) is 5.17. The Morgan fingerprint density at radius 3 is 2.38 bits per heavy atom. The molecule has 2 aromatic rings. The summed E-state index contributed by atoms with van der Waals surface area (Å²) < 4.78 is 37.5. The molecule has 1 atom stereocenters. The van der Waals surface area contributed by atoms with Gasteiger partial charge in [0.2, 0.25) is 0 Å². The highest BCUT2D eigenvalue weighted by molar-refractivity contribution is 8.00. The molecule has 1 unspecified atom stereocenters. The third kappa shape index (κ3) is 4.55. The van der Waals surface area contributed by atoms with Crippen LogP contribution in [0.3, 0.4) is 0 Å². The van der Waals surface area contributed by atoms with Crippen LogP contribution in [-0.4, -0.2) is 33.4 Å². The van der Waals surface area contributed by atoms with E-state index in [0.29, 0.717) is 0 Å². The number of imide groups is 1. The molecule has 3 amide bonds. The Kier molecular flexibility index (Phi) is 5.88. The number of hydrogen-bond acceptors (Lipinski definition) is 4. The highest BCUT2D eigenvalue weighted by atomic mass is 32.2. The van der Waals surface area contributed by atoms with E-state index in [1.54, 1.807) is 19.3 Å². The van der Waals surface area contributed by atoms with E-state index in [0.717, 1.165) is 16.0 Å². The summed E-state index contributed by atoms with van der Waals surface area (Å²) in [7, 11) is 0. The normalized spacial score (nSPS) is 17.6. The van der Waals surface area contributed by atoms with Crippen molar-refractivity contribution in [2.45, 2.75) is 49.7 Å². The van der Waals surface area contributed by atoms with Crippen LogP contribution in [0.5, 0.6) is 0 Å². The summed E-state index contributed by atoms with van der Waals surface area (Å²) in [6.07, 6.45) is 3.39. The van der Waals surface area contributed by atoms with Crippen molar-refractivity contribution >= 4 is 29.4 Å². The fourth-order valence-corrected chi connectivity index (χ4v) is 3.77. The average Bonchev–Trinajstić information content (AvgIpc) is 2.85. The zero-order chi connectivity index (χ0) is 21.3. The standard InChI is InChI=1S/C20H20F3N3O2S/c1-12(2)17-10-24-9-8-14(17)11-25-13(3)18(27)26(19(25)28)15-4-6-16(7-5-15)29-20(21,22)23/h4-10,12-13H,11H2,1-3H3. The van der Waals surface area contributed by atoms with Crippen LogP contribution in [0.4, 0.5) is 23.7 Å². The first-order valence-corrected chi connectivity index (χ1v) is 9.83. The van der Waals surface area contributed by atoms with E-state index in [2.05, 4.69) is 4.98 Å². The Bertz CT molecular complexity index is 916. The minimum Gasteiger partial charge on any atom is -0.308 e. The van der Waals surface area contributed by atoms with Crippen molar-refractivity contribution in [1.29, 1.82) is 0 Å². The molecule has 1 aliphatic heterocycles. The van der Waals surface area contributed by atoms with Crippen LogP contribution in [0.25, 0.3) is 0 Å². The smallest absolute Gasteiger partial charge is 0.308 e. The largest absolute Gasteiger partial charge is 0.446 e. The number of urea groups is 1. The van der Waals surface area contributed by atoms with Gasteiger partial charge >= 0.3 is 11.5 Å². The minimum absolute atomic E-state index is 0.0105. The topological polar surface area (TPSA) is 53.5 Å². The summed E-state index contributed by atoms with van der Waals surface area (Å²) in [5, 5.41) is 0. The number of benzene rings is 1. The number of rotatable bonds is 5. The summed E-state index contributed by atoms with van der Waals surface area (Å²) >= 11 is -0.244. The molecular weight excluding hydrogens is 403 g/mol. The Morgan fingerprint density at radius 1 is 1.14 bits per heavy atom. The molecule has 0 spiro atoms. The van der Waals surface area contributed by atoms with Crippen LogP contribution in [0.15, 0.2) is 47.6 Å². The monoisotopic (exact) mass is 423 g/mol. The van der Waals surface area contributed by atoms with Crippen molar-refractivity contribution in [3.8, 4) is 0 Å². The van der Waals surface area contributed by atoms with Crippen molar-refractivity contribution in [2.75, 3.05) is 4.90 Å². The summed E-state index contributed by atoms with van der Waals surface area (Å²) in [4.78, 5) is 32.3. The average molecular weight is 423 g/mol. The lowest BCUT2D eigenvalue weighted by Gasteiger charge is -2.22. The van der Waals surface area contributed by atoms with Crippen LogP contribution in [0, 0.1) is 0 Å². The molecule has 1 saturated heterocycles. The molecule has 1 aliphatic rings. The van der Waals surface area contributed by atoms with Crippen LogP contribution in [0.2, 0.25) is 0 Å². The molecule has 1 aromatic carbocycles. The quantitative estimate of drug-likeness (QED) is 0.492. The number of aromatic nitrogens is 1. The highest BCUT2D eigenvalue weighted by Gasteiger charge is 2.43. The molecule has 0 saturated carbocycles. The van der Waals surface area contributed by atoms with Gasteiger partial charge in [0.1, 0.15) is 6.04 Å². The van der Waals surface area contributed by atoms with Gasteiger partial charge in [-0.25, -0.2) is 9.69 Å².